The fourth-order valence-electron chi connectivity index (χ4n) is 1.46. The molecule has 1 aliphatic carbocycles. The number of carbonyl (C=O) groups excluding carboxylic acids is 1. The molecule has 0 spiro atoms. The summed E-state index contributed by atoms with van der Waals surface area (Å²) in [6.45, 7) is 0. The number of methoxy groups -OCH3 is 1. The summed E-state index contributed by atoms with van der Waals surface area (Å²) < 4.78 is 4.58. The molecule has 0 aromatic carbocycles. The predicted molar refractivity (Wildman–Crippen MR) is 59.6 cm³/mol. The van der Waals surface area contributed by atoms with E-state index in [1.807, 2.05) is 0 Å². The van der Waals surface area contributed by atoms with Crippen molar-refractivity contribution in [2.45, 2.75) is 25.3 Å². The molecule has 0 saturated heterocycles. The largest absolute Gasteiger partial charge is 0.464 e. The Kier molecular flexibility index (Phi) is 3.24. The molecule has 0 radical (unpaired) electrons. The van der Waals surface area contributed by atoms with Gasteiger partial charge in [-0.15, -0.1) is 0 Å². The lowest BCUT2D eigenvalue weighted by atomic mass is 9.93. The minimum Gasteiger partial charge on any atom is -0.464 e. The van der Waals surface area contributed by atoms with Crippen LogP contribution in [-0.2, 0) is 4.74 Å². The Labute approximate surface area is 98.2 Å². The van der Waals surface area contributed by atoms with Gasteiger partial charge in [0.25, 0.3) is 0 Å². The highest BCUT2D eigenvalue weighted by Crippen LogP contribution is 2.23. The Balaban J connectivity index is 2.17. The van der Waals surface area contributed by atoms with Gasteiger partial charge in [0.15, 0.2) is 5.69 Å². The van der Waals surface area contributed by atoms with Gasteiger partial charge < -0.3 is 10.1 Å². The Morgan fingerprint density at radius 2 is 2.31 bits per heavy atom. The van der Waals surface area contributed by atoms with Crippen molar-refractivity contribution < 1.29 is 9.53 Å². The summed E-state index contributed by atoms with van der Waals surface area (Å²) in [5.41, 5.74) is 0.171. The summed E-state index contributed by atoms with van der Waals surface area (Å²) in [4.78, 5) is 19.1. The number of carbonyl (C=O) groups is 1. The first-order valence-electron chi connectivity index (χ1n) is 5.08. The van der Waals surface area contributed by atoms with Gasteiger partial charge in [-0.3, -0.25) is 0 Å². The minimum atomic E-state index is -0.513. The average molecular weight is 242 g/mol. The van der Waals surface area contributed by atoms with Crippen LogP contribution in [0.2, 0.25) is 5.28 Å². The first-order valence-corrected chi connectivity index (χ1v) is 5.46. The minimum absolute atomic E-state index is 0.0460. The van der Waals surface area contributed by atoms with Crippen molar-refractivity contribution in [2.75, 3.05) is 12.4 Å². The number of hydrogen-bond acceptors (Lipinski definition) is 5. The molecular weight excluding hydrogens is 230 g/mol. The van der Waals surface area contributed by atoms with Crippen LogP contribution < -0.4 is 5.32 Å². The van der Waals surface area contributed by atoms with E-state index < -0.39 is 5.97 Å². The van der Waals surface area contributed by atoms with Crippen molar-refractivity contribution in [1.82, 2.24) is 9.97 Å². The van der Waals surface area contributed by atoms with Crippen LogP contribution in [0.5, 0.6) is 0 Å². The van der Waals surface area contributed by atoms with Crippen LogP contribution in [0.1, 0.15) is 29.8 Å². The Bertz CT molecular complexity index is 407. The molecule has 1 N–H and O–H groups in total. The maximum Gasteiger partial charge on any atom is 0.356 e. The zero-order valence-electron chi connectivity index (χ0n) is 8.86. The zero-order chi connectivity index (χ0) is 11.5. The second-order valence-corrected chi connectivity index (χ2v) is 4.01. The quantitative estimate of drug-likeness (QED) is 0.647. The van der Waals surface area contributed by atoms with Gasteiger partial charge in [0.1, 0.15) is 5.82 Å². The predicted octanol–water partition coefficient (Wildman–Crippen LogP) is 1.88. The normalized spacial score (nSPS) is 15.4. The third-order valence-electron chi connectivity index (χ3n) is 2.55. The van der Waals surface area contributed by atoms with E-state index in [0.717, 1.165) is 12.8 Å². The summed E-state index contributed by atoms with van der Waals surface area (Å²) in [6, 6.07) is 1.98. The summed E-state index contributed by atoms with van der Waals surface area (Å²) in [5, 5.41) is 3.24. The number of ether oxygens (including phenoxy) is 1. The molecule has 1 aromatic heterocycles. The molecule has 2 rings (SSSR count). The summed E-state index contributed by atoms with van der Waals surface area (Å²) in [7, 11) is 1.30. The summed E-state index contributed by atoms with van der Waals surface area (Å²) in [6.07, 6.45) is 3.46. The van der Waals surface area contributed by atoms with Gasteiger partial charge >= 0.3 is 5.97 Å². The maximum absolute atomic E-state index is 11.3. The first-order chi connectivity index (χ1) is 7.69. The molecule has 86 valence electrons. The third-order valence-corrected chi connectivity index (χ3v) is 2.72. The standard InChI is InChI=1S/C10H12ClN3O2/c1-16-9(15)7-5-8(14-10(11)13-7)12-6-3-2-4-6/h5-6H,2-4H2,1H3,(H,12,13,14). The second-order valence-electron chi connectivity index (χ2n) is 3.67. The van der Waals surface area contributed by atoms with Crippen molar-refractivity contribution in [3.05, 3.63) is 17.0 Å². The molecule has 1 heterocycles. The molecule has 0 atom stereocenters. The van der Waals surface area contributed by atoms with Gasteiger partial charge in [-0.25, -0.2) is 14.8 Å². The molecular formula is C10H12ClN3O2. The summed E-state index contributed by atoms with van der Waals surface area (Å²) in [5.74, 6) is 0.0612. The van der Waals surface area contributed by atoms with E-state index in [1.165, 1.54) is 13.5 Å². The maximum atomic E-state index is 11.3. The number of nitrogens with one attached hydrogen (secondary N) is 1. The van der Waals surface area contributed by atoms with Crippen molar-refractivity contribution in [3.63, 3.8) is 0 Å². The van der Waals surface area contributed by atoms with E-state index in [-0.39, 0.29) is 11.0 Å². The Morgan fingerprint density at radius 3 is 2.88 bits per heavy atom. The Hall–Kier alpha value is -1.36. The molecule has 6 heteroatoms. The van der Waals surface area contributed by atoms with Crippen LogP contribution in [0.15, 0.2) is 6.07 Å². The number of nitrogens with zero attached hydrogens (tertiary/aromatic N) is 2. The molecule has 0 amide bonds. The molecule has 1 aliphatic rings. The van der Waals surface area contributed by atoms with E-state index in [4.69, 9.17) is 11.6 Å². The van der Waals surface area contributed by atoms with Crippen LogP contribution in [0.25, 0.3) is 0 Å². The van der Waals surface area contributed by atoms with E-state index in [1.54, 1.807) is 6.07 Å². The van der Waals surface area contributed by atoms with Crippen LogP contribution in [-0.4, -0.2) is 29.1 Å². The lowest BCUT2D eigenvalue weighted by Gasteiger charge is -2.26. The smallest absolute Gasteiger partial charge is 0.356 e. The van der Waals surface area contributed by atoms with E-state index >= 15 is 0 Å². The SMILES string of the molecule is COC(=O)c1cc(NC2CCC2)nc(Cl)n1. The molecule has 1 aromatic rings. The monoisotopic (exact) mass is 241 g/mol. The van der Waals surface area contributed by atoms with Gasteiger partial charge in [0.2, 0.25) is 5.28 Å². The van der Waals surface area contributed by atoms with Gasteiger partial charge in [-0.05, 0) is 30.9 Å². The lowest BCUT2D eigenvalue weighted by Crippen LogP contribution is -2.27. The van der Waals surface area contributed by atoms with Gasteiger partial charge in [0, 0.05) is 12.1 Å². The average Bonchev–Trinajstić information content (AvgIpc) is 2.21. The molecule has 0 unspecified atom stereocenters. The van der Waals surface area contributed by atoms with Crippen LogP contribution in [0.4, 0.5) is 5.82 Å². The highest BCUT2D eigenvalue weighted by molar-refractivity contribution is 6.28. The van der Waals surface area contributed by atoms with Crippen molar-refractivity contribution in [2.24, 2.45) is 0 Å². The van der Waals surface area contributed by atoms with E-state index in [0.29, 0.717) is 11.9 Å². The molecule has 5 nitrogen and oxygen atoms in total. The van der Waals surface area contributed by atoms with Crippen molar-refractivity contribution >= 4 is 23.4 Å². The van der Waals surface area contributed by atoms with Gasteiger partial charge in [0.05, 0.1) is 7.11 Å². The zero-order valence-corrected chi connectivity index (χ0v) is 9.62. The highest BCUT2D eigenvalue weighted by Gasteiger charge is 2.19. The molecule has 16 heavy (non-hydrogen) atoms. The van der Waals surface area contributed by atoms with Gasteiger partial charge in [-0.1, -0.05) is 0 Å². The number of anilines is 1. The second kappa shape index (κ2) is 4.65. The van der Waals surface area contributed by atoms with Crippen molar-refractivity contribution in [3.8, 4) is 0 Å². The van der Waals surface area contributed by atoms with E-state index in [2.05, 4.69) is 20.0 Å². The van der Waals surface area contributed by atoms with E-state index in [9.17, 15) is 4.79 Å². The molecule has 0 aliphatic heterocycles. The molecule has 1 fully saturated rings. The number of esters is 1. The molecule has 1 saturated carbocycles. The van der Waals surface area contributed by atoms with Crippen molar-refractivity contribution in [1.29, 1.82) is 0 Å². The number of hydrogen-bond donors (Lipinski definition) is 1. The highest BCUT2D eigenvalue weighted by atomic mass is 35.5. The Morgan fingerprint density at radius 1 is 1.56 bits per heavy atom. The topological polar surface area (TPSA) is 64.1 Å². The third kappa shape index (κ3) is 2.41. The van der Waals surface area contributed by atoms with Gasteiger partial charge in [-0.2, -0.15) is 0 Å². The van der Waals surface area contributed by atoms with Crippen LogP contribution in [0, 0.1) is 0 Å². The fraction of sp³-hybridized carbons (Fsp3) is 0.500. The first kappa shape index (κ1) is 11.1. The number of rotatable bonds is 3. The fourth-order valence-corrected chi connectivity index (χ4v) is 1.64. The van der Waals surface area contributed by atoms with Crippen LogP contribution >= 0.6 is 11.6 Å². The molecule has 0 bridgehead atoms. The number of aromatic nitrogens is 2. The summed E-state index contributed by atoms with van der Waals surface area (Å²) >= 11 is 5.73. The number of halogens is 1. The lowest BCUT2D eigenvalue weighted by molar-refractivity contribution is 0.0594. The van der Waals surface area contributed by atoms with Crippen LogP contribution in [0.3, 0.4) is 0 Å².